The van der Waals surface area contributed by atoms with Gasteiger partial charge in [-0.05, 0) is 41.6 Å². The number of H-pyrrole nitrogens is 1. The van der Waals surface area contributed by atoms with E-state index >= 15 is 0 Å². The SMILES string of the molecule is CC(C)c1cc2ccc(OCc3cccc(F)n3)cc2[nH]1. The molecule has 4 heteroatoms. The molecule has 0 radical (unpaired) electrons. The van der Waals surface area contributed by atoms with Crippen LogP contribution in [0.25, 0.3) is 10.9 Å². The third-order valence-electron chi connectivity index (χ3n) is 3.40. The fourth-order valence-electron chi connectivity index (χ4n) is 2.22. The number of hydrogen-bond donors (Lipinski definition) is 1. The standard InChI is InChI=1S/C17H17FN2O/c1-11(2)15-8-12-6-7-14(9-16(12)20-15)21-10-13-4-3-5-17(18)19-13/h3-9,11,20H,10H2,1-2H3. The highest BCUT2D eigenvalue weighted by atomic mass is 19.1. The Morgan fingerprint density at radius 3 is 2.81 bits per heavy atom. The van der Waals surface area contributed by atoms with Crippen molar-refractivity contribution >= 4 is 10.9 Å². The van der Waals surface area contributed by atoms with Crippen LogP contribution in [0.15, 0.2) is 42.5 Å². The number of aromatic nitrogens is 2. The van der Waals surface area contributed by atoms with E-state index < -0.39 is 5.95 Å². The molecule has 0 saturated carbocycles. The van der Waals surface area contributed by atoms with E-state index in [-0.39, 0.29) is 6.61 Å². The zero-order valence-electron chi connectivity index (χ0n) is 12.1. The summed E-state index contributed by atoms with van der Waals surface area (Å²) < 4.78 is 18.7. The fraction of sp³-hybridized carbons (Fsp3) is 0.235. The van der Waals surface area contributed by atoms with E-state index in [1.165, 1.54) is 11.8 Å². The Balaban J connectivity index is 1.78. The minimum atomic E-state index is -0.488. The molecular formula is C17H17FN2O. The quantitative estimate of drug-likeness (QED) is 0.721. The zero-order valence-corrected chi connectivity index (χ0v) is 12.1. The van der Waals surface area contributed by atoms with Crippen LogP contribution in [0.3, 0.4) is 0 Å². The van der Waals surface area contributed by atoms with E-state index in [1.807, 2.05) is 18.2 Å². The maximum atomic E-state index is 13.0. The first-order chi connectivity index (χ1) is 10.1. The summed E-state index contributed by atoms with van der Waals surface area (Å²) in [6.07, 6.45) is 0. The van der Waals surface area contributed by atoms with E-state index in [2.05, 4.69) is 29.9 Å². The smallest absolute Gasteiger partial charge is 0.213 e. The maximum Gasteiger partial charge on any atom is 0.213 e. The molecule has 0 bridgehead atoms. The van der Waals surface area contributed by atoms with Gasteiger partial charge in [0.25, 0.3) is 0 Å². The Morgan fingerprint density at radius 1 is 1.19 bits per heavy atom. The lowest BCUT2D eigenvalue weighted by atomic mass is 10.1. The van der Waals surface area contributed by atoms with Crippen LogP contribution in [0, 0.1) is 5.95 Å². The molecule has 0 aliphatic carbocycles. The normalized spacial score (nSPS) is 11.2. The van der Waals surface area contributed by atoms with Gasteiger partial charge in [-0.15, -0.1) is 0 Å². The van der Waals surface area contributed by atoms with Gasteiger partial charge < -0.3 is 9.72 Å². The van der Waals surface area contributed by atoms with Crippen molar-refractivity contribution in [3.05, 3.63) is 59.8 Å². The van der Waals surface area contributed by atoms with Crippen LogP contribution in [0.1, 0.15) is 31.2 Å². The van der Waals surface area contributed by atoms with Gasteiger partial charge in [0.15, 0.2) is 0 Å². The van der Waals surface area contributed by atoms with Gasteiger partial charge in [-0.25, -0.2) is 4.98 Å². The molecule has 1 aromatic carbocycles. The van der Waals surface area contributed by atoms with E-state index in [0.717, 1.165) is 16.7 Å². The van der Waals surface area contributed by atoms with Crippen molar-refractivity contribution < 1.29 is 9.13 Å². The predicted molar refractivity (Wildman–Crippen MR) is 80.9 cm³/mol. The van der Waals surface area contributed by atoms with Crippen LogP contribution >= 0.6 is 0 Å². The maximum absolute atomic E-state index is 13.0. The van der Waals surface area contributed by atoms with Crippen LogP contribution in [0.4, 0.5) is 4.39 Å². The molecule has 1 N–H and O–H groups in total. The van der Waals surface area contributed by atoms with Gasteiger partial charge in [0.2, 0.25) is 5.95 Å². The molecule has 2 aromatic heterocycles. The summed E-state index contributed by atoms with van der Waals surface area (Å²) in [5.41, 5.74) is 2.82. The molecule has 3 nitrogen and oxygen atoms in total. The van der Waals surface area contributed by atoms with Crippen molar-refractivity contribution in [3.63, 3.8) is 0 Å². The van der Waals surface area contributed by atoms with Crippen molar-refractivity contribution in [2.45, 2.75) is 26.4 Å². The summed E-state index contributed by atoms with van der Waals surface area (Å²) >= 11 is 0. The van der Waals surface area contributed by atoms with E-state index in [4.69, 9.17) is 4.74 Å². The highest BCUT2D eigenvalue weighted by molar-refractivity contribution is 5.82. The first-order valence-electron chi connectivity index (χ1n) is 6.99. The number of rotatable bonds is 4. The second-order valence-electron chi connectivity index (χ2n) is 5.37. The Labute approximate surface area is 122 Å². The molecule has 0 aliphatic heterocycles. The number of hydrogen-bond acceptors (Lipinski definition) is 2. The lowest BCUT2D eigenvalue weighted by molar-refractivity contribution is 0.299. The summed E-state index contributed by atoms with van der Waals surface area (Å²) in [6.45, 7) is 4.55. The minimum Gasteiger partial charge on any atom is -0.487 e. The molecule has 2 heterocycles. The largest absolute Gasteiger partial charge is 0.487 e. The topological polar surface area (TPSA) is 37.9 Å². The number of ether oxygens (including phenoxy) is 1. The predicted octanol–water partition coefficient (Wildman–Crippen LogP) is 4.40. The van der Waals surface area contributed by atoms with Crippen molar-refractivity contribution in [1.29, 1.82) is 0 Å². The number of fused-ring (bicyclic) bond motifs is 1. The van der Waals surface area contributed by atoms with Gasteiger partial charge in [0.05, 0.1) is 5.69 Å². The molecule has 108 valence electrons. The van der Waals surface area contributed by atoms with Gasteiger partial charge in [0.1, 0.15) is 12.4 Å². The van der Waals surface area contributed by atoms with Gasteiger partial charge >= 0.3 is 0 Å². The monoisotopic (exact) mass is 284 g/mol. The average molecular weight is 284 g/mol. The number of aromatic amines is 1. The first-order valence-corrected chi connectivity index (χ1v) is 6.99. The fourth-order valence-corrected chi connectivity index (χ4v) is 2.22. The summed E-state index contributed by atoms with van der Waals surface area (Å²) in [4.78, 5) is 7.17. The molecule has 0 spiro atoms. The Hall–Kier alpha value is -2.36. The number of halogens is 1. The van der Waals surface area contributed by atoms with E-state index in [0.29, 0.717) is 11.6 Å². The highest BCUT2D eigenvalue weighted by Gasteiger charge is 2.06. The van der Waals surface area contributed by atoms with Crippen LogP contribution in [0.2, 0.25) is 0 Å². The molecule has 3 rings (SSSR count). The van der Waals surface area contributed by atoms with Gasteiger partial charge in [0, 0.05) is 17.3 Å². The second-order valence-corrected chi connectivity index (χ2v) is 5.37. The Bertz CT molecular complexity index is 764. The van der Waals surface area contributed by atoms with Crippen molar-refractivity contribution in [1.82, 2.24) is 9.97 Å². The van der Waals surface area contributed by atoms with Gasteiger partial charge in [-0.2, -0.15) is 4.39 Å². The lowest BCUT2D eigenvalue weighted by Crippen LogP contribution is -1.99. The third-order valence-corrected chi connectivity index (χ3v) is 3.40. The van der Waals surface area contributed by atoms with E-state index in [9.17, 15) is 4.39 Å². The molecule has 0 fully saturated rings. The summed E-state index contributed by atoms with van der Waals surface area (Å²) in [5, 5.41) is 1.16. The highest BCUT2D eigenvalue weighted by Crippen LogP contribution is 2.25. The number of pyridine rings is 1. The summed E-state index contributed by atoms with van der Waals surface area (Å²) in [7, 11) is 0. The molecule has 0 saturated heterocycles. The van der Waals surface area contributed by atoms with Crippen molar-refractivity contribution in [3.8, 4) is 5.75 Å². The van der Waals surface area contributed by atoms with Crippen molar-refractivity contribution in [2.24, 2.45) is 0 Å². The average Bonchev–Trinajstić information content (AvgIpc) is 2.88. The zero-order chi connectivity index (χ0) is 14.8. The van der Waals surface area contributed by atoms with Gasteiger partial charge in [-0.1, -0.05) is 19.9 Å². The van der Waals surface area contributed by atoms with Crippen LogP contribution in [-0.2, 0) is 6.61 Å². The molecule has 0 aliphatic rings. The third kappa shape index (κ3) is 3.05. The number of benzene rings is 1. The van der Waals surface area contributed by atoms with Crippen LogP contribution in [-0.4, -0.2) is 9.97 Å². The summed E-state index contributed by atoms with van der Waals surface area (Å²) in [6, 6.07) is 12.7. The molecule has 21 heavy (non-hydrogen) atoms. The number of nitrogens with one attached hydrogen (secondary N) is 1. The lowest BCUT2D eigenvalue weighted by Gasteiger charge is -2.05. The van der Waals surface area contributed by atoms with Crippen molar-refractivity contribution in [2.75, 3.05) is 0 Å². The van der Waals surface area contributed by atoms with E-state index in [1.54, 1.807) is 12.1 Å². The van der Waals surface area contributed by atoms with Crippen LogP contribution < -0.4 is 4.74 Å². The first kappa shape index (κ1) is 13.6. The molecule has 0 unspecified atom stereocenters. The molecular weight excluding hydrogens is 267 g/mol. The number of nitrogens with zero attached hydrogens (tertiary/aromatic N) is 1. The molecule has 3 aromatic rings. The van der Waals surface area contributed by atoms with Gasteiger partial charge in [-0.3, -0.25) is 0 Å². The molecule has 0 amide bonds. The van der Waals surface area contributed by atoms with Crippen LogP contribution in [0.5, 0.6) is 5.75 Å². The Kier molecular flexibility index (Phi) is 3.60. The summed E-state index contributed by atoms with van der Waals surface area (Å²) in [5.74, 6) is 0.710. The molecule has 0 atom stereocenters. The Morgan fingerprint density at radius 2 is 2.05 bits per heavy atom. The minimum absolute atomic E-state index is 0.251. The second kappa shape index (κ2) is 5.56.